The molecule has 27 heavy (non-hydrogen) atoms. The fraction of sp³-hybridized carbons (Fsp3) is 0.588. The van der Waals surface area contributed by atoms with Gasteiger partial charge in [0.15, 0.2) is 0 Å². The Morgan fingerprint density at radius 1 is 1.33 bits per heavy atom. The van der Waals surface area contributed by atoms with Gasteiger partial charge in [-0.3, -0.25) is 9.11 Å². The lowest BCUT2D eigenvalue weighted by molar-refractivity contribution is 0.139. The molecule has 0 saturated carbocycles. The third kappa shape index (κ3) is 3.69. The average Bonchev–Trinajstić information content (AvgIpc) is 2.88. The fourth-order valence-corrected chi connectivity index (χ4v) is 6.24. The highest BCUT2D eigenvalue weighted by Crippen LogP contribution is 2.43. The molecule has 0 aliphatic carbocycles. The summed E-state index contributed by atoms with van der Waals surface area (Å²) >= 11 is 0. The van der Waals surface area contributed by atoms with Gasteiger partial charge in [0.1, 0.15) is 21.8 Å². The molecule has 1 atom stereocenters. The van der Waals surface area contributed by atoms with Gasteiger partial charge in [0.05, 0.1) is 23.7 Å². The summed E-state index contributed by atoms with van der Waals surface area (Å²) in [4.78, 5) is 15.3. The molecule has 7 nitrogen and oxygen atoms in total. The van der Waals surface area contributed by atoms with Crippen molar-refractivity contribution in [2.75, 3.05) is 52.9 Å². The second kappa shape index (κ2) is 6.44. The van der Waals surface area contributed by atoms with Crippen LogP contribution in [0.15, 0.2) is 18.2 Å². The van der Waals surface area contributed by atoms with Gasteiger partial charge in [-0.15, -0.1) is 0 Å². The minimum absolute atomic E-state index is 0.0619. The summed E-state index contributed by atoms with van der Waals surface area (Å²) in [5.74, 6) is 0.901. The van der Waals surface area contributed by atoms with E-state index in [1.54, 1.807) is 12.1 Å². The van der Waals surface area contributed by atoms with Crippen LogP contribution in [0.2, 0.25) is 0 Å². The van der Waals surface area contributed by atoms with Gasteiger partial charge in [-0.05, 0) is 18.2 Å². The number of ether oxygens (including phenoxy) is 1. The van der Waals surface area contributed by atoms with E-state index < -0.39 is 38.7 Å². The van der Waals surface area contributed by atoms with E-state index in [-0.39, 0.29) is 24.1 Å². The highest BCUT2D eigenvalue weighted by Gasteiger charge is 2.52. The second-order valence-electron chi connectivity index (χ2n) is 7.76. The third-order valence-corrected chi connectivity index (χ3v) is 8.10. The molecule has 3 aliphatic heterocycles. The molecule has 1 aromatic rings. The predicted octanol–water partition coefficient (Wildman–Crippen LogP) is 1.15. The Balaban J connectivity index is 1.40. The van der Waals surface area contributed by atoms with Gasteiger partial charge in [-0.1, -0.05) is 0 Å². The highest BCUT2D eigenvalue weighted by atomic mass is 32.2. The Hall–Kier alpha value is -1.68. The monoisotopic (exact) mass is 416 g/mol. The summed E-state index contributed by atoms with van der Waals surface area (Å²) in [5, 5.41) is 0. The number of nitrogens with zero attached hydrogens (tertiary/aromatic N) is 2. The van der Waals surface area contributed by atoms with Crippen molar-refractivity contribution in [3.8, 4) is 0 Å². The lowest BCUT2D eigenvalue weighted by atomic mass is 9.82. The number of carbonyl (C=O) groups is 1. The van der Waals surface area contributed by atoms with Crippen molar-refractivity contribution in [2.45, 2.75) is 12.5 Å². The van der Waals surface area contributed by atoms with Crippen molar-refractivity contribution in [3.05, 3.63) is 24.0 Å². The second-order valence-corrected chi connectivity index (χ2v) is 11.5. The van der Waals surface area contributed by atoms with Crippen molar-refractivity contribution in [1.29, 1.82) is 0 Å². The maximum absolute atomic E-state index is 14.6. The zero-order chi connectivity index (χ0) is 19.4. The molecule has 4 rings (SSSR count). The van der Waals surface area contributed by atoms with Crippen molar-refractivity contribution < 1.29 is 26.5 Å². The summed E-state index contributed by atoms with van der Waals surface area (Å²) in [6.07, 6.45) is 0.237. The average molecular weight is 416 g/mol. The Bertz CT molecular complexity index is 904. The fourth-order valence-electron chi connectivity index (χ4n) is 3.91. The van der Waals surface area contributed by atoms with Crippen LogP contribution in [-0.4, -0.2) is 68.0 Å². The smallest absolute Gasteiger partial charge is 0.414 e. The number of halogens is 1. The SMILES string of the molecule is CS(=O)(=O)CC[C@H]1CN(c2ccc(N3CC4(C3)CS(=O)C4)c(F)c2)C(=O)O1. The van der Waals surface area contributed by atoms with E-state index in [0.717, 1.165) is 6.26 Å². The van der Waals surface area contributed by atoms with Gasteiger partial charge < -0.3 is 9.64 Å². The first kappa shape index (κ1) is 18.7. The number of hydrogen-bond acceptors (Lipinski definition) is 6. The van der Waals surface area contributed by atoms with E-state index in [1.165, 1.54) is 11.0 Å². The number of benzene rings is 1. The number of amides is 1. The number of rotatable bonds is 5. The quantitative estimate of drug-likeness (QED) is 0.716. The first-order valence-electron chi connectivity index (χ1n) is 8.70. The van der Waals surface area contributed by atoms with Crippen molar-refractivity contribution >= 4 is 38.1 Å². The molecule has 3 heterocycles. The minimum atomic E-state index is -3.13. The van der Waals surface area contributed by atoms with E-state index >= 15 is 0 Å². The molecule has 0 radical (unpaired) electrons. The first-order chi connectivity index (χ1) is 12.6. The van der Waals surface area contributed by atoms with E-state index in [9.17, 15) is 21.8 Å². The summed E-state index contributed by atoms with van der Waals surface area (Å²) in [6.45, 7) is 1.61. The van der Waals surface area contributed by atoms with Crippen LogP contribution in [0, 0.1) is 11.2 Å². The Labute approximate surface area is 159 Å². The zero-order valence-corrected chi connectivity index (χ0v) is 16.5. The number of hydrogen-bond donors (Lipinski definition) is 0. The topological polar surface area (TPSA) is 84.0 Å². The molecule has 148 valence electrons. The van der Waals surface area contributed by atoms with E-state index in [2.05, 4.69) is 0 Å². The predicted molar refractivity (Wildman–Crippen MR) is 101 cm³/mol. The molecule has 0 bridgehead atoms. The molecule has 3 aliphatic rings. The Kier molecular flexibility index (Phi) is 4.45. The summed E-state index contributed by atoms with van der Waals surface area (Å²) in [7, 11) is -3.86. The molecule has 10 heteroatoms. The summed E-state index contributed by atoms with van der Waals surface area (Å²) in [6, 6.07) is 4.62. The minimum Gasteiger partial charge on any atom is -0.444 e. The van der Waals surface area contributed by atoms with Gasteiger partial charge in [0, 0.05) is 53.5 Å². The molecule has 3 fully saturated rings. The summed E-state index contributed by atoms with van der Waals surface area (Å²) in [5.41, 5.74) is 0.952. The highest BCUT2D eigenvalue weighted by molar-refractivity contribution is 7.90. The van der Waals surface area contributed by atoms with E-state index in [1.807, 2.05) is 4.90 Å². The van der Waals surface area contributed by atoms with Crippen LogP contribution in [0.25, 0.3) is 0 Å². The normalized spacial score (nSPS) is 24.7. The molecule has 1 amide bonds. The van der Waals surface area contributed by atoms with Crippen LogP contribution in [0.1, 0.15) is 6.42 Å². The molecule has 0 N–H and O–H groups in total. The lowest BCUT2D eigenvalue weighted by Gasteiger charge is -2.55. The van der Waals surface area contributed by atoms with Crippen molar-refractivity contribution in [1.82, 2.24) is 0 Å². The van der Waals surface area contributed by atoms with Crippen LogP contribution < -0.4 is 9.80 Å². The van der Waals surface area contributed by atoms with Crippen molar-refractivity contribution in [2.24, 2.45) is 5.41 Å². The van der Waals surface area contributed by atoms with Crippen LogP contribution in [0.4, 0.5) is 20.6 Å². The number of cyclic esters (lactones) is 1. The molecule has 1 aromatic carbocycles. The lowest BCUT2D eigenvalue weighted by Crippen LogP contribution is -2.67. The molecule has 0 unspecified atom stereocenters. The number of anilines is 2. The first-order valence-corrected chi connectivity index (χ1v) is 12.2. The van der Waals surface area contributed by atoms with Crippen LogP contribution in [0.5, 0.6) is 0 Å². The number of carbonyl (C=O) groups excluding carboxylic acids is 1. The van der Waals surface area contributed by atoms with E-state index in [0.29, 0.717) is 36.0 Å². The largest absolute Gasteiger partial charge is 0.444 e. The molecular formula is C17H21FN2O5S2. The van der Waals surface area contributed by atoms with Gasteiger partial charge in [-0.2, -0.15) is 0 Å². The maximum Gasteiger partial charge on any atom is 0.414 e. The Morgan fingerprint density at radius 2 is 2.04 bits per heavy atom. The zero-order valence-electron chi connectivity index (χ0n) is 14.9. The number of sulfone groups is 1. The molecular weight excluding hydrogens is 395 g/mol. The van der Waals surface area contributed by atoms with Gasteiger partial charge in [-0.25, -0.2) is 17.6 Å². The standard InChI is InChI=1S/C17H21FN2O5S2/c1-27(23,24)5-4-13-7-20(16(21)25-13)12-2-3-15(14(18)6-12)19-8-17(9-19)10-26(22)11-17/h2-3,6,13H,4-5,7-11H2,1H3/t13-/m0/s1. The van der Waals surface area contributed by atoms with Crippen LogP contribution in [0.3, 0.4) is 0 Å². The van der Waals surface area contributed by atoms with Gasteiger partial charge in [0.2, 0.25) is 0 Å². The van der Waals surface area contributed by atoms with Crippen LogP contribution in [-0.2, 0) is 25.4 Å². The molecule has 0 aromatic heterocycles. The maximum atomic E-state index is 14.6. The third-order valence-electron chi connectivity index (χ3n) is 5.26. The Morgan fingerprint density at radius 3 is 2.63 bits per heavy atom. The molecule has 3 saturated heterocycles. The van der Waals surface area contributed by atoms with Gasteiger partial charge >= 0.3 is 6.09 Å². The van der Waals surface area contributed by atoms with Crippen molar-refractivity contribution in [3.63, 3.8) is 0 Å². The van der Waals surface area contributed by atoms with Crippen LogP contribution >= 0.6 is 0 Å². The molecule has 1 spiro atoms. The van der Waals surface area contributed by atoms with E-state index in [4.69, 9.17) is 4.74 Å². The van der Waals surface area contributed by atoms with Gasteiger partial charge in [0.25, 0.3) is 0 Å². The summed E-state index contributed by atoms with van der Waals surface area (Å²) < 4.78 is 53.6.